The number of hydrogen-bond donors (Lipinski definition) is 0. The maximum Gasteiger partial charge on any atom is 0.185 e. The highest BCUT2D eigenvalue weighted by molar-refractivity contribution is 5.95. The average molecular weight is 218 g/mol. The van der Waals surface area contributed by atoms with E-state index in [1.54, 1.807) is 30.1 Å². The molecule has 2 rings (SSSR count). The molecule has 82 valence electrons. The van der Waals surface area contributed by atoms with Crippen LogP contribution in [0.25, 0.3) is 0 Å². The second kappa shape index (κ2) is 4.26. The van der Waals surface area contributed by atoms with Crippen molar-refractivity contribution in [3.05, 3.63) is 53.9 Å². The van der Waals surface area contributed by atoms with Crippen LogP contribution in [0.15, 0.2) is 36.8 Å². The van der Waals surface area contributed by atoms with Crippen molar-refractivity contribution >= 4 is 5.78 Å². The van der Waals surface area contributed by atoms with Crippen molar-refractivity contribution in [3.8, 4) is 0 Å². The fourth-order valence-electron chi connectivity index (χ4n) is 1.55. The van der Waals surface area contributed by atoms with Crippen LogP contribution < -0.4 is 0 Å². The minimum absolute atomic E-state index is 0.0643. The van der Waals surface area contributed by atoms with Crippen LogP contribution in [-0.4, -0.2) is 15.3 Å². The van der Waals surface area contributed by atoms with Crippen LogP contribution in [0.4, 0.5) is 4.39 Å². The highest BCUT2D eigenvalue weighted by Gasteiger charge is 2.10. The summed E-state index contributed by atoms with van der Waals surface area (Å²) >= 11 is 0. The van der Waals surface area contributed by atoms with Gasteiger partial charge >= 0.3 is 0 Å². The van der Waals surface area contributed by atoms with E-state index in [4.69, 9.17) is 0 Å². The van der Waals surface area contributed by atoms with Gasteiger partial charge in [-0.3, -0.25) is 4.79 Å². The Labute approximate surface area is 92.5 Å². The van der Waals surface area contributed by atoms with Gasteiger partial charge in [-0.15, -0.1) is 0 Å². The van der Waals surface area contributed by atoms with Gasteiger partial charge in [0.15, 0.2) is 5.78 Å². The summed E-state index contributed by atoms with van der Waals surface area (Å²) in [5, 5.41) is 0. The van der Waals surface area contributed by atoms with Crippen molar-refractivity contribution in [3.63, 3.8) is 0 Å². The number of aryl methyl sites for hydroxylation is 1. The molecule has 3 nitrogen and oxygen atoms in total. The predicted octanol–water partition coefficient (Wildman–Crippen LogP) is 1.98. The van der Waals surface area contributed by atoms with Crippen LogP contribution in [0.5, 0.6) is 0 Å². The summed E-state index contributed by atoms with van der Waals surface area (Å²) in [6.07, 6.45) is 3.28. The average Bonchev–Trinajstić information content (AvgIpc) is 2.64. The quantitative estimate of drug-likeness (QED) is 0.738. The Bertz CT molecular complexity index is 519. The third kappa shape index (κ3) is 2.16. The molecule has 0 bridgehead atoms. The van der Waals surface area contributed by atoms with E-state index in [0.29, 0.717) is 11.3 Å². The van der Waals surface area contributed by atoms with Crippen LogP contribution in [0.3, 0.4) is 0 Å². The van der Waals surface area contributed by atoms with Crippen LogP contribution in [0, 0.1) is 5.82 Å². The number of Topliss-reactive ketones (excluding diaryl/α,β-unsaturated/α-hetero) is 1. The van der Waals surface area contributed by atoms with Crippen molar-refractivity contribution in [1.82, 2.24) is 9.55 Å². The van der Waals surface area contributed by atoms with Crippen molar-refractivity contribution < 1.29 is 9.18 Å². The fourth-order valence-corrected chi connectivity index (χ4v) is 1.55. The number of carbonyl (C=O) groups excluding carboxylic acids is 1. The molecule has 1 aromatic carbocycles. The zero-order valence-electron chi connectivity index (χ0n) is 8.85. The minimum Gasteiger partial charge on any atom is -0.331 e. The largest absolute Gasteiger partial charge is 0.331 e. The van der Waals surface area contributed by atoms with Crippen molar-refractivity contribution in [1.29, 1.82) is 0 Å². The summed E-state index contributed by atoms with van der Waals surface area (Å²) in [5.74, 6) is -0.388. The number of benzene rings is 1. The zero-order chi connectivity index (χ0) is 11.5. The number of halogens is 1. The monoisotopic (exact) mass is 218 g/mol. The fraction of sp³-hybridized carbons (Fsp3) is 0.167. The molecule has 16 heavy (non-hydrogen) atoms. The molecule has 0 radical (unpaired) electrons. The SMILES string of the molecule is Cn1cncc1C(=O)Cc1cccc(F)c1. The lowest BCUT2D eigenvalue weighted by Gasteiger charge is -2.02. The van der Waals surface area contributed by atoms with Crippen LogP contribution in [-0.2, 0) is 13.5 Å². The summed E-state index contributed by atoms with van der Waals surface area (Å²) in [5.41, 5.74) is 1.20. The van der Waals surface area contributed by atoms with Crippen molar-refractivity contribution in [2.24, 2.45) is 7.05 Å². The number of nitrogens with zero attached hydrogens (tertiary/aromatic N) is 2. The molecule has 0 spiro atoms. The second-order valence-electron chi connectivity index (χ2n) is 3.62. The van der Waals surface area contributed by atoms with Gasteiger partial charge in [0.1, 0.15) is 11.5 Å². The van der Waals surface area contributed by atoms with Crippen LogP contribution in [0.1, 0.15) is 16.1 Å². The van der Waals surface area contributed by atoms with Gasteiger partial charge in [0.25, 0.3) is 0 Å². The van der Waals surface area contributed by atoms with E-state index in [2.05, 4.69) is 4.98 Å². The molecule has 4 heteroatoms. The lowest BCUT2D eigenvalue weighted by atomic mass is 10.1. The molecule has 0 amide bonds. The van der Waals surface area contributed by atoms with Crippen molar-refractivity contribution in [2.45, 2.75) is 6.42 Å². The molecule has 0 atom stereocenters. The highest BCUT2D eigenvalue weighted by Crippen LogP contribution is 2.08. The Kier molecular flexibility index (Phi) is 2.81. The second-order valence-corrected chi connectivity index (χ2v) is 3.62. The molecule has 1 aromatic heterocycles. The summed E-state index contributed by atoms with van der Waals surface area (Å²) in [7, 11) is 1.76. The molecule has 2 aromatic rings. The Morgan fingerprint density at radius 3 is 2.94 bits per heavy atom. The molecular weight excluding hydrogens is 207 g/mol. The van der Waals surface area contributed by atoms with Gasteiger partial charge in [-0.2, -0.15) is 0 Å². The maximum absolute atomic E-state index is 12.9. The van der Waals surface area contributed by atoms with Crippen molar-refractivity contribution in [2.75, 3.05) is 0 Å². The number of rotatable bonds is 3. The molecule has 0 aliphatic heterocycles. The lowest BCUT2D eigenvalue weighted by molar-refractivity contribution is 0.0985. The van der Waals surface area contributed by atoms with Gasteiger partial charge in [-0.05, 0) is 17.7 Å². The zero-order valence-corrected chi connectivity index (χ0v) is 8.85. The molecular formula is C12H11FN2O. The normalized spacial score (nSPS) is 10.4. The third-order valence-corrected chi connectivity index (χ3v) is 2.36. The van der Waals surface area contributed by atoms with Crippen LogP contribution >= 0.6 is 0 Å². The number of hydrogen-bond acceptors (Lipinski definition) is 2. The molecule has 0 fully saturated rings. The molecule has 0 unspecified atom stereocenters. The van der Waals surface area contributed by atoms with E-state index in [9.17, 15) is 9.18 Å². The van der Waals surface area contributed by atoms with Gasteiger partial charge in [0, 0.05) is 13.5 Å². The van der Waals surface area contributed by atoms with E-state index in [1.807, 2.05) is 0 Å². The summed E-state index contributed by atoms with van der Waals surface area (Å²) < 4.78 is 14.6. The molecule has 1 heterocycles. The number of ketones is 1. The van der Waals surface area contributed by atoms with E-state index in [-0.39, 0.29) is 18.0 Å². The molecule has 0 N–H and O–H groups in total. The molecule has 0 saturated carbocycles. The van der Waals surface area contributed by atoms with Gasteiger partial charge < -0.3 is 4.57 Å². The Morgan fingerprint density at radius 2 is 2.31 bits per heavy atom. The van der Waals surface area contributed by atoms with E-state index >= 15 is 0 Å². The summed E-state index contributed by atoms with van der Waals surface area (Å²) in [4.78, 5) is 15.7. The Balaban J connectivity index is 2.17. The number of aromatic nitrogens is 2. The van der Waals surface area contributed by atoms with Gasteiger partial charge in [0.05, 0.1) is 12.5 Å². The molecule has 0 aliphatic carbocycles. The van der Waals surface area contributed by atoms with E-state index in [1.165, 1.54) is 18.3 Å². The topological polar surface area (TPSA) is 34.9 Å². The first-order chi connectivity index (χ1) is 7.66. The van der Waals surface area contributed by atoms with Gasteiger partial charge in [-0.25, -0.2) is 9.37 Å². The highest BCUT2D eigenvalue weighted by atomic mass is 19.1. The standard InChI is InChI=1S/C12H11FN2O/c1-15-8-14-7-11(15)12(16)6-9-3-2-4-10(13)5-9/h2-5,7-8H,6H2,1H3. The first-order valence-electron chi connectivity index (χ1n) is 4.91. The van der Waals surface area contributed by atoms with E-state index < -0.39 is 0 Å². The Hall–Kier alpha value is -1.97. The lowest BCUT2D eigenvalue weighted by Crippen LogP contribution is -2.08. The molecule has 0 saturated heterocycles. The smallest absolute Gasteiger partial charge is 0.185 e. The summed E-state index contributed by atoms with van der Waals surface area (Å²) in [6.45, 7) is 0. The van der Waals surface area contributed by atoms with Gasteiger partial charge in [-0.1, -0.05) is 12.1 Å². The Morgan fingerprint density at radius 1 is 1.50 bits per heavy atom. The predicted molar refractivity (Wildman–Crippen MR) is 57.6 cm³/mol. The number of carbonyl (C=O) groups is 1. The first kappa shape index (κ1) is 10.5. The minimum atomic E-state index is -0.324. The van der Waals surface area contributed by atoms with Gasteiger partial charge in [0.2, 0.25) is 0 Å². The molecule has 0 aliphatic rings. The third-order valence-electron chi connectivity index (χ3n) is 2.36. The van der Waals surface area contributed by atoms with Crippen LogP contribution in [0.2, 0.25) is 0 Å². The number of imidazole rings is 1. The van der Waals surface area contributed by atoms with E-state index in [0.717, 1.165) is 0 Å². The maximum atomic E-state index is 12.9. The summed E-state index contributed by atoms with van der Waals surface area (Å²) in [6, 6.07) is 6.06. The first-order valence-corrected chi connectivity index (χ1v) is 4.91.